The number of aliphatic hydroxyl groups is 2. The second kappa shape index (κ2) is 4.08. The molecule has 0 atom stereocenters. The van der Waals surface area contributed by atoms with Crippen LogP contribution in [0.4, 0.5) is 0 Å². The third kappa shape index (κ3) is 3.36. The number of rotatable bonds is 3. The molecule has 0 bridgehead atoms. The molecule has 0 rings (SSSR count). The van der Waals surface area contributed by atoms with Gasteiger partial charge in [0.05, 0.1) is 0 Å². The number of allylic oxidation sites excluding steroid dienone is 2. The maximum absolute atomic E-state index is 10.8. The Hall–Kier alpha value is -1.07. The molecule has 2 N–H and O–H groups in total. The van der Waals surface area contributed by atoms with E-state index in [0.717, 1.165) is 12.7 Å². The SMILES string of the molecule is BC(O)(O)N(/C=C\C=C)C(C)=O. The first kappa shape index (κ1) is 10.9. The summed E-state index contributed by atoms with van der Waals surface area (Å²) in [5.41, 5.74) is 0. The quantitative estimate of drug-likeness (QED) is 0.315. The van der Waals surface area contributed by atoms with Crippen molar-refractivity contribution in [2.24, 2.45) is 0 Å². The second-order valence-corrected chi connectivity index (χ2v) is 2.44. The third-order valence-corrected chi connectivity index (χ3v) is 1.17. The zero-order valence-electron chi connectivity index (χ0n) is 7.19. The van der Waals surface area contributed by atoms with Gasteiger partial charge in [0.1, 0.15) is 0 Å². The van der Waals surface area contributed by atoms with Gasteiger partial charge in [-0.15, -0.1) is 0 Å². The molecule has 0 aliphatic rings. The molecule has 0 aromatic carbocycles. The average Bonchev–Trinajstić information content (AvgIpc) is 1.84. The molecule has 0 unspecified atom stereocenters. The molecule has 1 amide bonds. The van der Waals surface area contributed by atoms with Gasteiger partial charge in [-0.1, -0.05) is 12.7 Å². The van der Waals surface area contributed by atoms with Crippen molar-refractivity contribution in [3.8, 4) is 0 Å². The van der Waals surface area contributed by atoms with E-state index in [2.05, 4.69) is 6.58 Å². The Morgan fingerprint density at radius 3 is 2.42 bits per heavy atom. The van der Waals surface area contributed by atoms with Crippen LogP contribution in [0.25, 0.3) is 0 Å². The molecule has 66 valence electrons. The van der Waals surface area contributed by atoms with Gasteiger partial charge in [-0.25, -0.2) is 0 Å². The van der Waals surface area contributed by atoms with Crippen LogP contribution in [0.2, 0.25) is 0 Å². The lowest BCUT2D eigenvalue weighted by molar-refractivity contribution is -0.187. The van der Waals surface area contributed by atoms with Crippen LogP contribution in [0, 0.1) is 0 Å². The number of hydrogen-bond donors (Lipinski definition) is 2. The van der Waals surface area contributed by atoms with Crippen molar-refractivity contribution >= 4 is 13.8 Å². The summed E-state index contributed by atoms with van der Waals surface area (Å²) in [7, 11) is 1.10. The number of hydrogen-bond acceptors (Lipinski definition) is 3. The van der Waals surface area contributed by atoms with Crippen LogP contribution in [-0.2, 0) is 4.79 Å². The minimum Gasteiger partial charge on any atom is -0.357 e. The van der Waals surface area contributed by atoms with E-state index >= 15 is 0 Å². The molecule has 0 aromatic rings. The maximum atomic E-state index is 10.8. The van der Waals surface area contributed by atoms with E-state index in [1.807, 2.05) is 0 Å². The zero-order valence-corrected chi connectivity index (χ0v) is 7.19. The van der Waals surface area contributed by atoms with E-state index in [9.17, 15) is 4.79 Å². The Morgan fingerprint density at radius 2 is 2.17 bits per heavy atom. The Labute approximate surface area is 72.2 Å². The van der Waals surface area contributed by atoms with Gasteiger partial charge in [-0.05, 0) is 6.08 Å². The molecule has 0 aliphatic heterocycles. The molecule has 0 saturated heterocycles. The van der Waals surface area contributed by atoms with Crippen LogP contribution in [0.3, 0.4) is 0 Å². The van der Waals surface area contributed by atoms with Crippen molar-refractivity contribution in [1.82, 2.24) is 4.90 Å². The van der Waals surface area contributed by atoms with Gasteiger partial charge >= 0.3 is 0 Å². The van der Waals surface area contributed by atoms with Gasteiger partial charge in [-0.2, -0.15) is 0 Å². The summed E-state index contributed by atoms with van der Waals surface area (Å²) in [5, 5.41) is 18.1. The Morgan fingerprint density at radius 1 is 1.67 bits per heavy atom. The highest BCUT2D eigenvalue weighted by Gasteiger charge is 2.25. The molecule has 12 heavy (non-hydrogen) atoms. The van der Waals surface area contributed by atoms with Crippen LogP contribution >= 0.6 is 0 Å². The normalized spacial score (nSPS) is 11.6. The Bertz CT molecular complexity index is 207. The molecule has 0 heterocycles. The smallest absolute Gasteiger partial charge is 0.226 e. The van der Waals surface area contributed by atoms with Crippen molar-refractivity contribution in [2.45, 2.75) is 12.7 Å². The largest absolute Gasteiger partial charge is 0.357 e. The highest BCUT2D eigenvalue weighted by molar-refractivity contribution is 6.13. The topological polar surface area (TPSA) is 60.8 Å². The van der Waals surface area contributed by atoms with Crippen LogP contribution in [0.1, 0.15) is 6.92 Å². The molecular formula is C7H12BNO3. The van der Waals surface area contributed by atoms with E-state index in [0.29, 0.717) is 0 Å². The summed E-state index contributed by atoms with van der Waals surface area (Å²) in [4.78, 5) is 11.6. The van der Waals surface area contributed by atoms with Crippen molar-refractivity contribution in [3.63, 3.8) is 0 Å². The first-order chi connectivity index (χ1) is 5.39. The van der Waals surface area contributed by atoms with Gasteiger partial charge in [0.25, 0.3) is 0 Å². The molecule has 0 aromatic heterocycles. The van der Waals surface area contributed by atoms with Crippen molar-refractivity contribution in [1.29, 1.82) is 0 Å². The van der Waals surface area contributed by atoms with Gasteiger partial charge in [0.2, 0.25) is 19.6 Å². The fourth-order valence-electron chi connectivity index (χ4n) is 0.691. The van der Waals surface area contributed by atoms with Crippen molar-refractivity contribution < 1.29 is 15.0 Å². The van der Waals surface area contributed by atoms with E-state index in [1.165, 1.54) is 25.3 Å². The van der Waals surface area contributed by atoms with E-state index in [4.69, 9.17) is 10.2 Å². The Balaban J connectivity index is 4.56. The summed E-state index contributed by atoms with van der Waals surface area (Å²) in [6, 6.07) is 0. The summed E-state index contributed by atoms with van der Waals surface area (Å²) in [6.45, 7) is 4.62. The number of carbonyl (C=O) groups excluding carboxylic acids is 1. The molecule has 0 saturated carbocycles. The molecule has 0 aliphatic carbocycles. The van der Waals surface area contributed by atoms with Crippen molar-refractivity contribution in [3.05, 3.63) is 24.9 Å². The zero-order chi connectivity index (χ0) is 9.78. The summed E-state index contributed by atoms with van der Waals surface area (Å²) < 4.78 is 0. The van der Waals surface area contributed by atoms with Crippen LogP contribution in [0.5, 0.6) is 0 Å². The van der Waals surface area contributed by atoms with Crippen LogP contribution in [-0.4, -0.2) is 34.7 Å². The van der Waals surface area contributed by atoms with Crippen LogP contribution in [0.15, 0.2) is 24.9 Å². The first-order valence-corrected chi connectivity index (χ1v) is 3.43. The summed E-state index contributed by atoms with van der Waals surface area (Å²) in [6.07, 6.45) is 4.11. The molecule has 0 radical (unpaired) electrons. The maximum Gasteiger partial charge on any atom is 0.226 e. The van der Waals surface area contributed by atoms with E-state index in [1.54, 1.807) is 0 Å². The fraction of sp³-hybridized carbons (Fsp3) is 0.286. The lowest BCUT2D eigenvalue weighted by Gasteiger charge is -2.28. The third-order valence-electron chi connectivity index (χ3n) is 1.17. The van der Waals surface area contributed by atoms with Gasteiger partial charge in [0.15, 0.2) is 0 Å². The number of carbonyl (C=O) groups is 1. The monoisotopic (exact) mass is 169 g/mol. The van der Waals surface area contributed by atoms with E-state index in [-0.39, 0.29) is 0 Å². The average molecular weight is 169 g/mol. The van der Waals surface area contributed by atoms with Gasteiger partial charge < -0.3 is 10.2 Å². The lowest BCUT2D eigenvalue weighted by atomic mass is 10.0. The molecule has 0 spiro atoms. The van der Waals surface area contributed by atoms with E-state index < -0.39 is 11.7 Å². The van der Waals surface area contributed by atoms with Crippen LogP contribution < -0.4 is 0 Å². The van der Waals surface area contributed by atoms with Gasteiger partial charge in [0, 0.05) is 13.1 Å². The summed E-state index contributed by atoms with van der Waals surface area (Å²) >= 11 is 0. The van der Waals surface area contributed by atoms with Gasteiger partial charge in [-0.3, -0.25) is 9.69 Å². The molecule has 0 fully saturated rings. The molecular weight excluding hydrogens is 157 g/mol. The highest BCUT2D eigenvalue weighted by Crippen LogP contribution is 2.04. The summed E-state index contributed by atoms with van der Waals surface area (Å²) in [5.74, 6) is -2.62. The Kier molecular flexibility index (Phi) is 3.72. The number of amides is 1. The second-order valence-electron chi connectivity index (χ2n) is 2.44. The lowest BCUT2D eigenvalue weighted by Crippen LogP contribution is -2.48. The predicted octanol–water partition coefficient (Wildman–Crippen LogP) is -1.24. The minimum absolute atomic E-state index is 0.458. The molecule has 5 heteroatoms. The number of nitrogens with zero attached hydrogens (tertiary/aromatic N) is 1. The minimum atomic E-state index is -2.16. The first-order valence-electron chi connectivity index (χ1n) is 3.43. The highest BCUT2D eigenvalue weighted by atomic mass is 16.5. The standard InChI is InChI=1S/C7H12BNO3/c1-3-4-5-9(6(2)10)7(8,11)12/h3-5,11-12H,1,8H2,2H3/b5-4-. The van der Waals surface area contributed by atoms with Crippen molar-refractivity contribution in [2.75, 3.05) is 0 Å². The predicted molar refractivity (Wildman–Crippen MR) is 47.6 cm³/mol. The molecule has 4 nitrogen and oxygen atoms in total. The fourth-order valence-corrected chi connectivity index (χ4v) is 0.691.